The van der Waals surface area contributed by atoms with Crippen molar-refractivity contribution in [1.82, 2.24) is 9.80 Å². The molecule has 0 aliphatic carbocycles. The van der Waals surface area contributed by atoms with E-state index in [1.807, 2.05) is 35.2 Å². The van der Waals surface area contributed by atoms with Crippen molar-refractivity contribution in [2.75, 3.05) is 39.4 Å². The maximum atomic E-state index is 12.3. The number of hydrogen-bond donors (Lipinski definition) is 0. The molecule has 0 radical (unpaired) electrons. The van der Waals surface area contributed by atoms with Crippen molar-refractivity contribution >= 4 is 6.09 Å². The average molecular weight is 330 g/mol. The summed E-state index contributed by atoms with van der Waals surface area (Å²) in [5.74, 6) is 0. The van der Waals surface area contributed by atoms with Gasteiger partial charge in [-0.15, -0.1) is 0 Å². The number of carbonyl (C=O) groups excluding carboxylic acids is 1. The number of nitrogens with zero attached hydrogens (tertiary/aromatic N) is 2. The second-order valence-corrected chi connectivity index (χ2v) is 6.28. The van der Waals surface area contributed by atoms with E-state index in [0.717, 1.165) is 57.8 Å². The molecule has 2 saturated heterocycles. The lowest BCUT2D eigenvalue weighted by atomic mass is 10.2. The zero-order valence-electron chi connectivity index (χ0n) is 14.1. The van der Waals surface area contributed by atoms with E-state index >= 15 is 0 Å². The average Bonchev–Trinajstić information content (AvgIpc) is 3.10. The molecular formula is C19H26N2O3. The van der Waals surface area contributed by atoms with E-state index in [-0.39, 0.29) is 12.1 Å². The van der Waals surface area contributed by atoms with Crippen molar-refractivity contribution in [2.45, 2.75) is 25.5 Å². The topological polar surface area (TPSA) is 42.0 Å². The molecule has 2 fully saturated rings. The summed E-state index contributed by atoms with van der Waals surface area (Å²) in [4.78, 5) is 16.6. The van der Waals surface area contributed by atoms with Crippen LogP contribution in [-0.4, -0.2) is 61.3 Å². The van der Waals surface area contributed by atoms with E-state index in [0.29, 0.717) is 6.61 Å². The molecular weight excluding hydrogens is 304 g/mol. The van der Waals surface area contributed by atoms with Gasteiger partial charge in [0, 0.05) is 26.2 Å². The Morgan fingerprint density at radius 2 is 2.00 bits per heavy atom. The van der Waals surface area contributed by atoms with Gasteiger partial charge >= 0.3 is 6.09 Å². The summed E-state index contributed by atoms with van der Waals surface area (Å²) in [5, 5.41) is 0. The van der Waals surface area contributed by atoms with E-state index in [4.69, 9.17) is 9.47 Å². The van der Waals surface area contributed by atoms with Crippen molar-refractivity contribution < 1.29 is 14.3 Å². The maximum absolute atomic E-state index is 12.3. The first kappa shape index (κ1) is 17.0. The standard InChI is InChI=1S/C19H26N2O3/c22-19(24-16-17-6-2-1-3-7-17)21-11-5-9-18(21)8-4-10-20-12-14-23-15-13-20/h1-4,6-8,18H,5,9-16H2/b8-4+/t18-/m0/s1. The molecule has 2 aliphatic rings. The van der Waals surface area contributed by atoms with Crippen LogP contribution in [0.15, 0.2) is 42.5 Å². The monoisotopic (exact) mass is 330 g/mol. The zero-order valence-corrected chi connectivity index (χ0v) is 14.1. The molecule has 1 aromatic rings. The number of rotatable bonds is 5. The van der Waals surface area contributed by atoms with Gasteiger partial charge in [0.05, 0.1) is 19.3 Å². The summed E-state index contributed by atoms with van der Waals surface area (Å²) < 4.78 is 10.8. The predicted molar refractivity (Wildman–Crippen MR) is 92.8 cm³/mol. The Bertz CT molecular complexity index is 541. The molecule has 2 heterocycles. The van der Waals surface area contributed by atoms with Gasteiger partial charge in [0.1, 0.15) is 6.61 Å². The number of morpholine rings is 1. The Hall–Kier alpha value is -1.85. The predicted octanol–water partition coefficient (Wildman–Crippen LogP) is 2.68. The van der Waals surface area contributed by atoms with Crippen molar-refractivity contribution in [2.24, 2.45) is 0 Å². The van der Waals surface area contributed by atoms with E-state index in [9.17, 15) is 4.79 Å². The zero-order chi connectivity index (χ0) is 16.6. The maximum Gasteiger partial charge on any atom is 0.410 e. The first-order valence-electron chi connectivity index (χ1n) is 8.77. The third kappa shape index (κ3) is 4.82. The third-order valence-corrected chi connectivity index (χ3v) is 4.56. The quantitative estimate of drug-likeness (QED) is 0.779. The third-order valence-electron chi connectivity index (χ3n) is 4.56. The fraction of sp³-hybridized carbons (Fsp3) is 0.526. The fourth-order valence-electron chi connectivity index (χ4n) is 3.17. The molecule has 0 bridgehead atoms. The van der Waals surface area contributed by atoms with Crippen LogP contribution in [-0.2, 0) is 16.1 Å². The van der Waals surface area contributed by atoms with Gasteiger partial charge in [-0.05, 0) is 18.4 Å². The van der Waals surface area contributed by atoms with Crippen LogP contribution in [0.3, 0.4) is 0 Å². The summed E-state index contributed by atoms with van der Waals surface area (Å²) in [6.07, 6.45) is 6.18. The molecule has 1 atom stereocenters. The minimum atomic E-state index is -0.211. The molecule has 0 spiro atoms. The van der Waals surface area contributed by atoms with Crippen LogP contribution >= 0.6 is 0 Å². The smallest absolute Gasteiger partial charge is 0.410 e. The van der Waals surface area contributed by atoms with Crippen molar-refractivity contribution in [3.8, 4) is 0 Å². The van der Waals surface area contributed by atoms with Crippen LogP contribution in [0.25, 0.3) is 0 Å². The molecule has 2 aliphatic heterocycles. The molecule has 24 heavy (non-hydrogen) atoms. The Labute approximate surface area is 143 Å². The highest BCUT2D eigenvalue weighted by Gasteiger charge is 2.27. The van der Waals surface area contributed by atoms with Crippen molar-refractivity contribution in [3.05, 3.63) is 48.0 Å². The highest BCUT2D eigenvalue weighted by atomic mass is 16.6. The van der Waals surface area contributed by atoms with Gasteiger partial charge in [0.15, 0.2) is 0 Å². The van der Waals surface area contributed by atoms with E-state index < -0.39 is 0 Å². The summed E-state index contributed by atoms with van der Waals surface area (Å²) in [5.41, 5.74) is 1.02. The van der Waals surface area contributed by atoms with Gasteiger partial charge in [-0.1, -0.05) is 42.5 Å². The summed E-state index contributed by atoms with van der Waals surface area (Å²) >= 11 is 0. The molecule has 0 aromatic heterocycles. The van der Waals surface area contributed by atoms with Gasteiger partial charge in [0.25, 0.3) is 0 Å². The highest BCUT2D eigenvalue weighted by Crippen LogP contribution is 2.20. The van der Waals surface area contributed by atoms with Crippen LogP contribution in [0.1, 0.15) is 18.4 Å². The van der Waals surface area contributed by atoms with Crippen molar-refractivity contribution in [1.29, 1.82) is 0 Å². The molecule has 0 unspecified atom stereocenters. The lowest BCUT2D eigenvalue weighted by molar-refractivity contribution is 0.0433. The number of likely N-dealkylation sites (tertiary alicyclic amines) is 1. The lowest BCUT2D eigenvalue weighted by Gasteiger charge is -2.26. The summed E-state index contributed by atoms with van der Waals surface area (Å²) in [6.45, 7) is 5.63. The Morgan fingerprint density at radius 3 is 2.79 bits per heavy atom. The van der Waals surface area contributed by atoms with Crippen molar-refractivity contribution in [3.63, 3.8) is 0 Å². The molecule has 5 heteroatoms. The number of carbonyl (C=O) groups is 1. The second-order valence-electron chi connectivity index (χ2n) is 6.28. The molecule has 1 aromatic carbocycles. The van der Waals surface area contributed by atoms with Gasteiger partial charge < -0.3 is 14.4 Å². The molecule has 5 nitrogen and oxygen atoms in total. The van der Waals surface area contributed by atoms with Crippen LogP contribution in [0.5, 0.6) is 0 Å². The molecule has 0 saturated carbocycles. The lowest BCUT2D eigenvalue weighted by Crippen LogP contribution is -2.37. The van der Waals surface area contributed by atoms with E-state index in [1.165, 1.54) is 0 Å². The van der Waals surface area contributed by atoms with Crippen LogP contribution in [0.2, 0.25) is 0 Å². The molecule has 130 valence electrons. The number of amides is 1. The number of benzene rings is 1. The summed E-state index contributed by atoms with van der Waals surface area (Å²) in [6, 6.07) is 9.97. The van der Waals surface area contributed by atoms with E-state index in [1.54, 1.807) is 0 Å². The SMILES string of the molecule is O=C(OCc1ccccc1)N1CCC[C@@H]1/C=C/CN1CCOCC1. The molecule has 3 rings (SSSR count). The Morgan fingerprint density at radius 1 is 1.21 bits per heavy atom. The number of ether oxygens (including phenoxy) is 2. The number of hydrogen-bond acceptors (Lipinski definition) is 4. The van der Waals surface area contributed by atoms with Crippen LogP contribution in [0.4, 0.5) is 4.79 Å². The minimum Gasteiger partial charge on any atom is -0.445 e. The van der Waals surface area contributed by atoms with Gasteiger partial charge in [0.2, 0.25) is 0 Å². The first-order valence-corrected chi connectivity index (χ1v) is 8.77. The summed E-state index contributed by atoms with van der Waals surface area (Å²) in [7, 11) is 0. The highest BCUT2D eigenvalue weighted by molar-refractivity contribution is 5.68. The normalized spacial score (nSPS) is 22.2. The second kappa shape index (κ2) is 8.85. The van der Waals surface area contributed by atoms with Gasteiger partial charge in [-0.3, -0.25) is 4.90 Å². The van der Waals surface area contributed by atoms with E-state index in [2.05, 4.69) is 17.1 Å². The van der Waals surface area contributed by atoms with Gasteiger partial charge in [-0.25, -0.2) is 4.79 Å². The van der Waals surface area contributed by atoms with Crippen LogP contribution in [0, 0.1) is 0 Å². The van der Waals surface area contributed by atoms with Gasteiger partial charge in [-0.2, -0.15) is 0 Å². The molecule has 1 amide bonds. The van der Waals surface area contributed by atoms with Crippen LogP contribution < -0.4 is 0 Å². The first-order chi connectivity index (χ1) is 11.8. The fourth-order valence-corrected chi connectivity index (χ4v) is 3.17. The molecule has 0 N–H and O–H groups in total. The Balaban J connectivity index is 1.46. The Kier molecular flexibility index (Phi) is 6.26. The minimum absolute atomic E-state index is 0.161. The largest absolute Gasteiger partial charge is 0.445 e.